The summed E-state index contributed by atoms with van der Waals surface area (Å²) in [5, 5.41) is 2.64. The van der Waals surface area contributed by atoms with Crippen LogP contribution in [0.3, 0.4) is 0 Å². The maximum absolute atomic E-state index is 12.8. The topological polar surface area (TPSA) is 88.2 Å². The van der Waals surface area contributed by atoms with E-state index in [4.69, 9.17) is 9.47 Å². The van der Waals surface area contributed by atoms with Gasteiger partial charge < -0.3 is 19.7 Å². The fourth-order valence-corrected chi connectivity index (χ4v) is 4.04. The lowest BCUT2D eigenvalue weighted by molar-refractivity contribution is -0.137. The van der Waals surface area contributed by atoms with Crippen LogP contribution in [0.15, 0.2) is 52.6 Å². The van der Waals surface area contributed by atoms with Crippen molar-refractivity contribution >= 4 is 39.9 Å². The lowest BCUT2D eigenvalue weighted by Gasteiger charge is -2.26. The van der Waals surface area contributed by atoms with Gasteiger partial charge in [0.15, 0.2) is 6.61 Å². The molecule has 0 aliphatic carbocycles. The minimum absolute atomic E-state index is 0.0679. The quantitative estimate of drug-likeness (QED) is 0.473. The number of aryl methyl sites for hydroxylation is 1. The Kier molecular flexibility index (Phi) is 7.10. The second-order valence-corrected chi connectivity index (χ2v) is 8.69. The zero-order valence-electron chi connectivity index (χ0n) is 18.2. The van der Waals surface area contributed by atoms with Gasteiger partial charge in [0, 0.05) is 13.1 Å². The van der Waals surface area contributed by atoms with Gasteiger partial charge in [-0.15, -0.1) is 0 Å². The summed E-state index contributed by atoms with van der Waals surface area (Å²) in [6.07, 6.45) is 1.61. The Bertz CT molecular complexity index is 1090. The van der Waals surface area contributed by atoms with Gasteiger partial charge in [-0.1, -0.05) is 35.9 Å². The zero-order chi connectivity index (χ0) is 23.4. The molecule has 2 aromatic rings. The maximum atomic E-state index is 12.8. The summed E-state index contributed by atoms with van der Waals surface area (Å²) in [4.78, 5) is 40.3. The van der Waals surface area contributed by atoms with Crippen LogP contribution >= 0.6 is 15.9 Å². The molecule has 0 unspecified atom stereocenters. The van der Waals surface area contributed by atoms with Crippen LogP contribution in [-0.4, -0.2) is 60.6 Å². The van der Waals surface area contributed by atoms with Crippen LogP contribution in [0.1, 0.15) is 16.7 Å². The lowest BCUT2D eigenvalue weighted by atomic mass is 10.1. The van der Waals surface area contributed by atoms with Gasteiger partial charge in [0.05, 0.1) is 24.2 Å². The van der Waals surface area contributed by atoms with Crippen molar-refractivity contribution in [3.8, 4) is 5.75 Å². The van der Waals surface area contributed by atoms with Crippen LogP contribution in [0.5, 0.6) is 5.75 Å². The first-order chi connectivity index (χ1) is 15.9. The number of amides is 4. The Morgan fingerprint density at radius 1 is 1.15 bits per heavy atom. The summed E-state index contributed by atoms with van der Waals surface area (Å²) < 4.78 is 11.6. The molecule has 172 valence electrons. The van der Waals surface area contributed by atoms with Gasteiger partial charge in [-0.2, -0.15) is 0 Å². The van der Waals surface area contributed by atoms with Crippen molar-refractivity contribution in [1.82, 2.24) is 15.1 Å². The first-order valence-electron chi connectivity index (χ1n) is 10.6. The van der Waals surface area contributed by atoms with Crippen molar-refractivity contribution in [3.05, 3.63) is 69.3 Å². The SMILES string of the molecule is Cc1ccc(CN2C(=O)N/C(=C\c3ccc(OCC(=O)N4CCOCC4)c(Br)c3)C2=O)cc1. The largest absolute Gasteiger partial charge is 0.483 e. The van der Waals surface area contributed by atoms with Crippen molar-refractivity contribution in [2.24, 2.45) is 0 Å². The normalized spacial score (nSPS) is 17.5. The Morgan fingerprint density at radius 3 is 2.58 bits per heavy atom. The molecule has 9 heteroatoms. The molecule has 0 spiro atoms. The van der Waals surface area contributed by atoms with Gasteiger partial charge in [0.1, 0.15) is 11.4 Å². The third-order valence-corrected chi connectivity index (χ3v) is 6.03. The molecule has 4 rings (SSSR count). The standard InChI is InChI=1S/C24H24BrN3O5/c1-16-2-4-17(5-3-16)14-28-23(30)20(26-24(28)31)13-18-6-7-21(19(25)12-18)33-15-22(29)27-8-10-32-11-9-27/h2-7,12-13H,8-11,14-15H2,1H3,(H,26,31)/b20-13-. The molecule has 2 aromatic carbocycles. The number of carbonyl (C=O) groups excluding carboxylic acids is 3. The number of hydrogen-bond acceptors (Lipinski definition) is 5. The molecule has 8 nitrogen and oxygen atoms in total. The van der Waals surface area contributed by atoms with Crippen LogP contribution < -0.4 is 10.1 Å². The molecule has 0 aromatic heterocycles. The van der Waals surface area contributed by atoms with Crippen LogP contribution in [0, 0.1) is 6.92 Å². The molecule has 0 bridgehead atoms. The van der Waals surface area contributed by atoms with Gasteiger partial charge in [-0.05, 0) is 52.2 Å². The van der Waals surface area contributed by atoms with E-state index >= 15 is 0 Å². The number of halogens is 1. The molecule has 1 N–H and O–H groups in total. The number of rotatable bonds is 6. The summed E-state index contributed by atoms with van der Waals surface area (Å²) in [6.45, 7) is 4.33. The maximum Gasteiger partial charge on any atom is 0.329 e. The molecule has 4 amide bonds. The Balaban J connectivity index is 1.39. The van der Waals surface area contributed by atoms with Gasteiger partial charge in [0.2, 0.25) is 0 Å². The first kappa shape index (κ1) is 23.0. The van der Waals surface area contributed by atoms with E-state index in [-0.39, 0.29) is 30.7 Å². The Morgan fingerprint density at radius 2 is 1.88 bits per heavy atom. The highest BCUT2D eigenvalue weighted by Crippen LogP contribution is 2.27. The second-order valence-electron chi connectivity index (χ2n) is 7.84. The van der Waals surface area contributed by atoms with Crippen molar-refractivity contribution in [3.63, 3.8) is 0 Å². The predicted octanol–water partition coefficient (Wildman–Crippen LogP) is 3.09. The van der Waals surface area contributed by atoms with Gasteiger partial charge in [0.25, 0.3) is 11.8 Å². The number of hydrogen-bond donors (Lipinski definition) is 1. The van der Waals surface area contributed by atoms with Gasteiger partial charge in [-0.25, -0.2) is 4.79 Å². The van der Waals surface area contributed by atoms with E-state index in [1.54, 1.807) is 29.2 Å². The first-order valence-corrected chi connectivity index (χ1v) is 11.4. The second kappa shape index (κ2) is 10.2. The van der Waals surface area contributed by atoms with E-state index in [9.17, 15) is 14.4 Å². The van der Waals surface area contributed by atoms with Crippen molar-refractivity contribution in [2.45, 2.75) is 13.5 Å². The summed E-state index contributed by atoms with van der Waals surface area (Å²) in [7, 11) is 0. The van der Waals surface area contributed by atoms with Crippen LogP contribution in [0.2, 0.25) is 0 Å². The van der Waals surface area contributed by atoms with Crippen LogP contribution in [-0.2, 0) is 20.9 Å². The minimum Gasteiger partial charge on any atom is -0.483 e. The molecule has 0 radical (unpaired) electrons. The zero-order valence-corrected chi connectivity index (χ0v) is 19.8. The minimum atomic E-state index is -0.451. The van der Waals surface area contributed by atoms with Gasteiger partial charge >= 0.3 is 6.03 Å². The predicted molar refractivity (Wildman–Crippen MR) is 125 cm³/mol. The number of morpholine rings is 1. The number of benzene rings is 2. The molecule has 2 saturated heterocycles. The molecule has 33 heavy (non-hydrogen) atoms. The molecule has 0 saturated carbocycles. The molecular formula is C24H24BrN3O5. The smallest absolute Gasteiger partial charge is 0.329 e. The number of carbonyl (C=O) groups is 3. The fourth-order valence-electron chi connectivity index (χ4n) is 3.53. The van der Waals surface area contributed by atoms with E-state index in [2.05, 4.69) is 21.2 Å². The molecule has 2 fully saturated rings. The third kappa shape index (κ3) is 5.61. The van der Waals surface area contributed by atoms with E-state index in [1.165, 1.54) is 4.90 Å². The number of urea groups is 1. The molecule has 2 heterocycles. The highest BCUT2D eigenvalue weighted by molar-refractivity contribution is 9.10. The van der Waals surface area contributed by atoms with Crippen molar-refractivity contribution in [2.75, 3.05) is 32.9 Å². The van der Waals surface area contributed by atoms with Crippen molar-refractivity contribution in [1.29, 1.82) is 0 Å². The number of imide groups is 1. The Hall–Kier alpha value is -3.17. The number of nitrogens with one attached hydrogen (secondary N) is 1. The lowest BCUT2D eigenvalue weighted by Crippen LogP contribution is -2.43. The van der Waals surface area contributed by atoms with E-state index in [0.29, 0.717) is 42.1 Å². The number of ether oxygens (including phenoxy) is 2. The van der Waals surface area contributed by atoms with Gasteiger partial charge in [-0.3, -0.25) is 14.5 Å². The van der Waals surface area contributed by atoms with Crippen LogP contribution in [0.4, 0.5) is 4.79 Å². The van der Waals surface area contributed by atoms with Crippen molar-refractivity contribution < 1.29 is 23.9 Å². The summed E-state index contributed by atoms with van der Waals surface area (Å²) in [5.41, 5.74) is 2.89. The molecular weight excluding hydrogens is 490 g/mol. The van der Waals surface area contributed by atoms with Crippen LogP contribution in [0.25, 0.3) is 6.08 Å². The van der Waals surface area contributed by atoms with E-state index in [1.807, 2.05) is 31.2 Å². The summed E-state index contributed by atoms with van der Waals surface area (Å²) >= 11 is 3.45. The monoisotopic (exact) mass is 513 g/mol. The molecule has 2 aliphatic heterocycles. The summed E-state index contributed by atoms with van der Waals surface area (Å²) in [5.74, 6) is 0.0407. The Labute approximate surface area is 200 Å². The summed E-state index contributed by atoms with van der Waals surface area (Å²) in [6, 6.07) is 12.5. The van der Waals surface area contributed by atoms with E-state index in [0.717, 1.165) is 11.1 Å². The highest BCUT2D eigenvalue weighted by Gasteiger charge is 2.33. The highest BCUT2D eigenvalue weighted by atomic mass is 79.9. The number of nitrogens with zero attached hydrogens (tertiary/aromatic N) is 2. The van der Waals surface area contributed by atoms with E-state index < -0.39 is 6.03 Å². The average molecular weight is 514 g/mol. The molecule has 0 atom stereocenters. The average Bonchev–Trinajstić information content (AvgIpc) is 3.07. The fraction of sp³-hybridized carbons (Fsp3) is 0.292. The third-order valence-electron chi connectivity index (χ3n) is 5.41. The molecule has 2 aliphatic rings.